The highest BCUT2D eigenvalue weighted by atomic mass is 32.2. The summed E-state index contributed by atoms with van der Waals surface area (Å²) in [5.41, 5.74) is 6.99. The van der Waals surface area contributed by atoms with Crippen molar-refractivity contribution in [3.05, 3.63) is 23.8 Å². The lowest BCUT2D eigenvalue weighted by atomic mass is 9.85. The van der Waals surface area contributed by atoms with E-state index >= 15 is 0 Å². The van der Waals surface area contributed by atoms with Gasteiger partial charge in [-0.05, 0) is 49.4 Å². The van der Waals surface area contributed by atoms with Crippen molar-refractivity contribution in [2.75, 3.05) is 18.8 Å². The number of hydrogen-bond acceptors (Lipinski definition) is 3. The largest absolute Gasteiger partial charge is 0.399 e. The van der Waals surface area contributed by atoms with Crippen LogP contribution in [-0.2, 0) is 10.0 Å². The van der Waals surface area contributed by atoms with Crippen molar-refractivity contribution >= 4 is 15.7 Å². The van der Waals surface area contributed by atoms with Gasteiger partial charge in [0.2, 0.25) is 10.0 Å². The Morgan fingerprint density at radius 3 is 2.53 bits per heavy atom. The van der Waals surface area contributed by atoms with Crippen molar-refractivity contribution in [3.8, 4) is 0 Å². The van der Waals surface area contributed by atoms with E-state index in [1.807, 2.05) is 6.92 Å². The van der Waals surface area contributed by atoms with Gasteiger partial charge in [0.1, 0.15) is 0 Å². The van der Waals surface area contributed by atoms with Crippen molar-refractivity contribution in [2.45, 2.75) is 38.0 Å². The zero-order chi connectivity index (χ0) is 14.0. The monoisotopic (exact) mass is 282 g/mol. The van der Waals surface area contributed by atoms with Gasteiger partial charge in [-0.1, -0.05) is 13.3 Å². The van der Waals surface area contributed by atoms with Crippen LogP contribution in [0.1, 0.15) is 31.7 Å². The van der Waals surface area contributed by atoms with Gasteiger partial charge in [0.05, 0.1) is 4.90 Å². The molecule has 0 aromatic heterocycles. The Balaban J connectivity index is 2.27. The second-order valence-corrected chi connectivity index (χ2v) is 7.18. The van der Waals surface area contributed by atoms with Gasteiger partial charge < -0.3 is 5.73 Å². The van der Waals surface area contributed by atoms with Gasteiger partial charge in [-0.25, -0.2) is 8.42 Å². The van der Waals surface area contributed by atoms with Crippen LogP contribution in [0.3, 0.4) is 0 Å². The van der Waals surface area contributed by atoms with Crippen LogP contribution in [-0.4, -0.2) is 25.8 Å². The molecular formula is C14H22N2O2S. The quantitative estimate of drug-likeness (QED) is 0.843. The molecule has 1 saturated carbocycles. The molecule has 0 unspecified atom stereocenters. The van der Waals surface area contributed by atoms with Crippen LogP contribution in [0.4, 0.5) is 5.69 Å². The molecule has 1 aromatic carbocycles. The highest BCUT2D eigenvalue weighted by molar-refractivity contribution is 7.89. The molecule has 0 saturated heterocycles. The Bertz CT molecular complexity index is 551. The predicted molar refractivity (Wildman–Crippen MR) is 77.4 cm³/mol. The van der Waals surface area contributed by atoms with Crippen LogP contribution in [0, 0.1) is 12.8 Å². The summed E-state index contributed by atoms with van der Waals surface area (Å²) in [4.78, 5) is 0.378. The maximum Gasteiger partial charge on any atom is 0.243 e. The van der Waals surface area contributed by atoms with Crippen LogP contribution < -0.4 is 5.73 Å². The van der Waals surface area contributed by atoms with Gasteiger partial charge in [0, 0.05) is 18.8 Å². The molecule has 1 aliphatic carbocycles. The third kappa shape index (κ3) is 2.92. The molecule has 0 bridgehead atoms. The molecule has 0 radical (unpaired) electrons. The van der Waals surface area contributed by atoms with Gasteiger partial charge in [-0.15, -0.1) is 0 Å². The van der Waals surface area contributed by atoms with Gasteiger partial charge in [-0.3, -0.25) is 0 Å². The van der Waals surface area contributed by atoms with E-state index in [1.165, 1.54) is 6.42 Å². The SMILES string of the molecule is CCN(CC1CCC1)S(=O)(=O)c1ccc(N)cc1C. The summed E-state index contributed by atoms with van der Waals surface area (Å²) >= 11 is 0. The molecule has 0 atom stereocenters. The number of nitrogens with two attached hydrogens (primary N) is 1. The van der Waals surface area contributed by atoms with Gasteiger partial charge >= 0.3 is 0 Å². The number of aryl methyl sites for hydroxylation is 1. The smallest absolute Gasteiger partial charge is 0.243 e. The van der Waals surface area contributed by atoms with E-state index in [0.717, 1.165) is 12.8 Å². The normalized spacial score (nSPS) is 16.6. The van der Waals surface area contributed by atoms with Crippen LogP contribution in [0.2, 0.25) is 0 Å². The number of sulfonamides is 1. The molecule has 2 N–H and O–H groups in total. The number of hydrogen-bond donors (Lipinski definition) is 1. The van der Waals surface area contributed by atoms with Crippen LogP contribution in [0.5, 0.6) is 0 Å². The Kier molecular flexibility index (Phi) is 4.16. The van der Waals surface area contributed by atoms with Gasteiger partial charge in [0.25, 0.3) is 0 Å². The first-order valence-electron chi connectivity index (χ1n) is 6.81. The van der Waals surface area contributed by atoms with Crippen molar-refractivity contribution in [1.29, 1.82) is 0 Å². The molecule has 0 heterocycles. The van der Waals surface area contributed by atoms with E-state index in [1.54, 1.807) is 29.4 Å². The lowest BCUT2D eigenvalue weighted by Gasteiger charge is -2.31. The third-order valence-corrected chi connectivity index (χ3v) is 5.96. The predicted octanol–water partition coefficient (Wildman–Crippen LogP) is 2.39. The summed E-state index contributed by atoms with van der Waals surface area (Å²) in [5, 5.41) is 0. The zero-order valence-electron chi connectivity index (χ0n) is 11.6. The van der Waals surface area contributed by atoms with Gasteiger partial charge in [0.15, 0.2) is 0 Å². The molecule has 0 spiro atoms. The van der Waals surface area contributed by atoms with Crippen molar-refractivity contribution in [3.63, 3.8) is 0 Å². The molecule has 19 heavy (non-hydrogen) atoms. The standard InChI is InChI=1S/C14H22N2O2S/c1-3-16(10-12-5-4-6-12)19(17,18)14-8-7-13(15)9-11(14)2/h7-9,12H,3-6,10,15H2,1-2H3. The minimum atomic E-state index is -3.39. The van der Waals surface area contributed by atoms with Crippen molar-refractivity contribution in [1.82, 2.24) is 4.31 Å². The van der Waals surface area contributed by atoms with Gasteiger partial charge in [-0.2, -0.15) is 4.31 Å². The number of nitrogens with zero attached hydrogens (tertiary/aromatic N) is 1. The minimum absolute atomic E-state index is 0.378. The number of anilines is 1. The van der Waals surface area contributed by atoms with E-state index in [-0.39, 0.29) is 0 Å². The van der Waals surface area contributed by atoms with Crippen LogP contribution in [0.25, 0.3) is 0 Å². The molecule has 1 aliphatic rings. The number of rotatable bonds is 5. The lowest BCUT2D eigenvalue weighted by molar-refractivity contribution is 0.250. The summed E-state index contributed by atoms with van der Waals surface area (Å²) in [6.45, 7) is 4.84. The summed E-state index contributed by atoms with van der Waals surface area (Å²) in [5.74, 6) is 0.531. The second kappa shape index (κ2) is 5.51. The minimum Gasteiger partial charge on any atom is -0.399 e. The molecule has 5 heteroatoms. The Morgan fingerprint density at radius 1 is 1.37 bits per heavy atom. The number of nitrogen functional groups attached to an aromatic ring is 1. The topological polar surface area (TPSA) is 63.4 Å². The average Bonchev–Trinajstić information content (AvgIpc) is 2.26. The molecule has 1 fully saturated rings. The summed E-state index contributed by atoms with van der Waals surface area (Å²) in [7, 11) is -3.39. The summed E-state index contributed by atoms with van der Waals surface area (Å²) in [6.07, 6.45) is 3.52. The van der Waals surface area contributed by atoms with Crippen LogP contribution >= 0.6 is 0 Å². The van der Waals surface area contributed by atoms with Crippen LogP contribution in [0.15, 0.2) is 23.1 Å². The number of benzene rings is 1. The first-order valence-corrected chi connectivity index (χ1v) is 8.25. The molecular weight excluding hydrogens is 260 g/mol. The zero-order valence-corrected chi connectivity index (χ0v) is 12.4. The second-order valence-electron chi connectivity index (χ2n) is 5.28. The third-order valence-electron chi connectivity index (χ3n) is 3.86. The van der Waals surface area contributed by atoms with E-state index in [4.69, 9.17) is 5.73 Å². The fourth-order valence-corrected chi connectivity index (χ4v) is 4.19. The molecule has 4 nitrogen and oxygen atoms in total. The summed E-state index contributed by atoms with van der Waals surface area (Å²) in [6, 6.07) is 4.98. The highest BCUT2D eigenvalue weighted by Crippen LogP contribution is 2.30. The van der Waals surface area contributed by atoms with E-state index in [9.17, 15) is 8.42 Å². The molecule has 0 aliphatic heterocycles. The average molecular weight is 282 g/mol. The van der Waals surface area contributed by atoms with E-state index in [0.29, 0.717) is 35.2 Å². The maximum atomic E-state index is 12.7. The Morgan fingerprint density at radius 2 is 2.05 bits per heavy atom. The maximum absolute atomic E-state index is 12.7. The van der Waals surface area contributed by atoms with Crippen molar-refractivity contribution < 1.29 is 8.42 Å². The molecule has 1 aromatic rings. The fourth-order valence-electron chi connectivity index (χ4n) is 2.46. The first-order chi connectivity index (χ1) is 8.95. The molecule has 2 rings (SSSR count). The Hall–Kier alpha value is -1.07. The fraction of sp³-hybridized carbons (Fsp3) is 0.571. The van der Waals surface area contributed by atoms with Crippen molar-refractivity contribution in [2.24, 2.45) is 5.92 Å². The highest BCUT2D eigenvalue weighted by Gasteiger charge is 2.29. The molecule has 0 amide bonds. The lowest BCUT2D eigenvalue weighted by Crippen LogP contribution is -2.37. The first kappa shape index (κ1) is 14.3. The summed E-state index contributed by atoms with van der Waals surface area (Å²) < 4.78 is 26.9. The Labute approximate surface area is 115 Å². The van der Waals surface area contributed by atoms with E-state index in [2.05, 4.69) is 0 Å². The molecule has 106 valence electrons. The van der Waals surface area contributed by atoms with E-state index < -0.39 is 10.0 Å².